The van der Waals surface area contributed by atoms with Crippen LogP contribution < -0.4 is 0 Å². The predicted octanol–water partition coefficient (Wildman–Crippen LogP) is 4.21. The number of nitrogens with zero attached hydrogens (tertiary/aromatic N) is 1. The fourth-order valence-electron chi connectivity index (χ4n) is 2.63. The van der Waals surface area contributed by atoms with Gasteiger partial charge in [0.25, 0.3) is 0 Å². The van der Waals surface area contributed by atoms with Gasteiger partial charge >= 0.3 is 0 Å². The Kier molecular flexibility index (Phi) is 3.98. The molecule has 0 spiro atoms. The Morgan fingerprint density at radius 3 is 2.81 bits per heavy atom. The molecule has 1 unspecified atom stereocenters. The van der Waals surface area contributed by atoms with Gasteiger partial charge in [0.15, 0.2) is 0 Å². The first-order valence-electron chi connectivity index (χ1n) is 7.31. The number of hydrogen-bond donors (Lipinski definition) is 1. The topological polar surface area (TPSA) is 33.1 Å². The summed E-state index contributed by atoms with van der Waals surface area (Å²) < 4.78 is 0. The smallest absolute Gasteiger partial charge is 0.0794 e. The lowest BCUT2D eigenvalue weighted by Gasteiger charge is -2.12. The number of rotatable bonds is 4. The van der Waals surface area contributed by atoms with Crippen LogP contribution in [0.25, 0.3) is 10.9 Å². The van der Waals surface area contributed by atoms with Crippen LogP contribution in [0.15, 0.2) is 60.8 Å². The number of aryl methyl sites for hydroxylation is 2. The lowest BCUT2D eigenvalue weighted by Crippen LogP contribution is -2.00. The van der Waals surface area contributed by atoms with E-state index < -0.39 is 6.10 Å². The van der Waals surface area contributed by atoms with Crippen molar-refractivity contribution >= 4 is 10.9 Å². The number of aliphatic hydroxyl groups excluding tert-OH is 1. The fourth-order valence-corrected chi connectivity index (χ4v) is 2.63. The molecule has 0 fully saturated rings. The maximum absolute atomic E-state index is 10.4. The summed E-state index contributed by atoms with van der Waals surface area (Å²) in [6.07, 6.45) is 2.94. The van der Waals surface area contributed by atoms with Crippen LogP contribution in [-0.2, 0) is 6.42 Å². The van der Waals surface area contributed by atoms with E-state index in [2.05, 4.69) is 36.2 Å². The van der Waals surface area contributed by atoms with Crippen LogP contribution in [0.4, 0.5) is 0 Å². The summed E-state index contributed by atoms with van der Waals surface area (Å²) in [5.74, 6) is 0. The van der Waals surface area contributed by atoms with Crippen molar-refractivity contribution in [2.75, 3.05) is 0 Å². The molecule has 1 atom stereocenters. The lowest BCUT2D eigenvalue weighted by molar-refractivity contribution is 0.168. The quantitative estimate of drug-likeness (QED) is 0.775. The molecule has 0 saturated heterocycles. The molecule has 0 radical (unpaired) electrons. The van der Waals surface area contributed by atoms with Crippen molar-refractivity contribution in [2.45, 2.75) is 25.9 Å². The number of aromatic nitrogens is 1. The van der Waals surface area contributed by atoms with Crippen LogP contribution in [-0.4, -0.2) is 10.1 Å². The molecule has 1 aromatic heterocycles. The second-order valence-electron chi connectivity index (χ2n) is 5.50. The zero-order valence-electron chi connectivity index (χ0n) is 12.2. The summed E-state index contributed by atoms with van der Waals surface area (Å²) in [5, 5.41) is 11.5. The zero-order valence-corrected chi connectivity index (χ0v) is 12.2. The molecule has 0 amide bonds. The van der Waals surface area contributed by atoms with E-state index in [1.807, 2.05) is 30.3 Å². The van der Waals surface area contributed by atoms with Crippen LogP contribution in [0.5, 0.6) is 0 Å². The third-order valence-electron chi connectivity index (χ3n) is 3.80. The van der Waals surface area contributed by atoms with Crippen LogP contribution >= 0.6 is 0 Å². The van der Waals surface area contributed by atoms with E-state index in [4.69, 9.17) is 0 Å². The highest BCUT2D eigenvalue weighted by Gasteiger charge is 2.09. The Balaban J connectivity index is 1.73. The van der Waals surface area contributed by atoms with Gasteiger partial charge in [-0.05, 0) is 43.0 Å². The molecule has 2 aromatic carbocycles. The number of fused-ring (bicyclic) bond motifs is 1. The van der Waals surface area contributed by atoms with Crippen LogP contribution in [0.2, 0.25) is 0 Å². The molecule has 3 aromatic rings. The van der Waals surface area contributed by atoms with Gasteiger partial charge in [-0.25, -0.2) is 0 Å². The largest absolute Gasteiger partial charge is 0.388 e. The van der Waals surface area contributed by atoms with E-state index >= 15 is 0 Å². The second-order valence-corrected chi connectivity index (χ2v) is 5.50. The third-order valence-corrected chi connectivity index (χ3v) is 3.80. The Labute approximate surface area is 125 Å². The highest BCUT2D eigenvalue weighted by Crippen LogP contribution is 2.22. The Morgan fingerprint density at radius 2 is 1.95 bits per heavy atom. The fraction of sp³-hybridized carbons (Fsp3) is 0.211. The maximum Gasteiger partial charge on any atom is 0.0794 e. The first-order valence-corrected chi connectivity index (χ1v) is 7.31. The SMILES string of the molecule is Cc1cccc(CCC(O)c2ccc3cccnc3c2)c1. The van der Waals surface area contributed by atoms with Gasteiger partial charge in [0.2, 0.25) is 0 Å². The molecule has 0 aliphatic rings. The van der Waals surface area contributed by atoms with Crippen molar-refractivity contribution in [3.05, 3.63) is 77.5 Å². The Morgan fingerprint density at radius 1 is 1.05 bits per heavy atom. The van der Waals surface area contributed by atoms with E-state index in [1.54, 1.807) is 6.20 Å². The molecule has 0 aliphatic carbocycles. The highest BCUT2D eigenvalue weighted by atomic mass is 16.3. The van der Waals surface area contributed by atoms with Gasteiger partial charge in [-0.1, -0.05) is 48.0 Å². The van der Waals surface area contributed by atoms with E-state index in [0.717, 1.165) is 29.3 Å². The monoisotopic (exact) mass is 277 g/mol. The Hall–Kier alpha value is -2.19. The number of benzene rings is 2. The summed E-state index contributed by atoms with van der Waals surface area (Å²) in [6, 6.07) is 18.4. The summed E-state index contributed by atoms with van der Waals surface area (Å²) in [7, 11) is 0. The van der Waals surface area contributed by atoms with Crippen LogP contribution in [0.1, 0.15) is 29.2 Å². The van der Waals surface area contributed by atoms with Crippen molar-refractivity contribution in [3.8, 4) is 0 Å². The third kappa shape index (κ3) is 3.29. The van der Waals surface area contributed by atoms with Crippen molar-refractivity contribution < 1.29 is 5.11 Å². The van der Waals surface area contributed by atoms with Gasteiger partial charge in [-0.2, -0.15) is 0 Å². The standard InChI is InChI=1S/C19H19NO/c1-14-4-2-5-15(12-14)7-10-19(21)17-9-8-16-6-3-11-20-18(16)13-17/h2-6,8-9,11-13,19,21H,7,10H2,1H3. The molecular formula is C19H19NO. The molecule has 2 heteroatoms. The molecular weight excluding hydrogens is 258 g/mol. The van der Waals surface area contributed by atoms with Gasteiger partial charge in [-0.15, -0.1) is 0 Å². The average molecular weight is 277 g/mol. The summed E-state index contributed by atoms with van der Waals surface area (Å²) >= 11 is 0. The van der Waals surface area contributed by atoms with Crippen molar-refractivity contribution in [3.63, 3.8) is 0 Å². The minimum Gasteiger partial charge on any atom is -0.388 e. The first-order chi connectivity index (χ1) is 10.2. The van der Waals surface area contributed by atoms with E-state index in [1.165, 1.54) is 11.1 Å². The predicted molar refractivity (Wildman–Crippen MR) is 86.2 cm³/mol. The van der Waals surface area contributed by atoms with Crippen molar-refractivity contribution in [1.82, 2.24) is 4.98 Å². The minimum atomic E-state index is -0.447. The summed E-state index contributed by atoms with van der Waals surface area (Å²) in [6.45, 7) is 2.09. The molecule has 0 aliphatic heterocycles. The zero-order chi connectivity index (χ0) is 14.7. The van der Waals surface area contributed by atoms with Crippen LogP contribution in [0.3, 0.4) is 0 Å². The maximum atomic E-state index is 10.4. The van der Waals surface area contributed by atoms with Gasteiger partial charge in [-0.3, -0.25) is 4.98 Å². The summed E-state index contributed by atoms with van der Waals surface area (Å²) in [4.78, 5) is 4.34. The summed E-state index contributed by atoms with van der Waals surface area (Å²) in [5.41, 5.74) is 4.41. The molecule has 1 heterocycles. The minimum absolute atomic E-state index is 0.447. The number of hydrogen-bond acceptors (Lipinski definition) is 2. The van der Waals surface area contributed by atoms with Crippen LogP contribution in [0, 0.1) is 6.92 Å². The van der Waals surface area contributed by atoms with Gasteiger partial charge in [0.1, 0.15) is 0 Å². The van der Waals surface area contributed by atoms with E-state index in [0.29, 0.717) is 0 Å². The number of aliphatic hydroxyl groups is 1. The van der Waals surface area contributed by atoms with Crippen molar-refractivity contribution in [2.24, 2.45) is 0 Å². The average Bonchev–Trinajstić information content (AvgIpc) is 2.52. The highest BCUT2D eigenvalue weighted by molar-refractivity contribution is 5.78. The molecule has 0 bridgehead atoms. The number of pyridine rings is 1. The van der Waals surface area contributed by atoms with E-state index in [-0.39, 0.29) is 0 Å². The molecule has 0 saturated carbocycles. The molecule has 2 nitrogen and oxygen atoms in total. The van der Waals surface area contributed by atoms with Gasteiger partial charge < -0.3 is 5.11 Å². The Bertz CT molecular complexity index is 751. The van der Waals surface area contributed by atoms with Gasteiger partial charge in [0, 0.05) is 11.6 Å². The second kappa shape index (κ2) is 6.06. The van der Waals surface area contributed by atoms with Gasteiger partial charge in [0.05, 0.1) is 11.6 Å². The van der Waals surface area contributed by atoms with E-state index in [9.17, 15) is 5.11 Å². The molecule has 106 valence electrons. The van der Waals surface area contributed by atoms with Crippen molar-refractivity contribution in [1.29, 1.82) is 0 Å². The molecule has 21 heavy (non-hydrogen) atoms. The molecule has 3 rings (SSSR count). The molecule has 1 N–H and O–H groups in total. The lowest BCUT2D eigenvalue weighted by atomic mass is 9.99. The first kappa shape index (κ1) is 13.8. The normalized spacial score (nSPS) is 12.5.